The fourth-order valence-corrected chi connectivity index (χ4v) is 3.53. The Hall–Kier alpha value is -4.26. The normalized spacial score (nSPS) is 10.8. The number of para-hydroxylation sites is 1. The highest BCUT2D eigenvalue weighted by Gasteiger charge is 2.20. The Morgan fingerprint density at radius 3 is 2.38 bits per heavy atom. The lowest BCUT2D eigenvalue weighted by Gasteiger charge is -2.13. The first-order chi connectivity index (χ1) is 15.3. The zero-order chi connectivity index (χ0) is 23.0. The average Bonchev–Trinajstić information content (AvgIpc) is 2.78. The van der Waals surface area contributed by atoms with Crippen LogP contribution < -0.4 is 16.5 Å². The average molecular weight is 430 g/mol. The molecule has 3 N–H and O–H groups in total. The van der Waals surface area contributed by atoms with E-state index in [1.54, 1.807) is 31.2 Å². The van der Waals surface area contributed by atoms with Crippen LogP contribution in [0.1, 0.15) is 31.8 Å². The maximum Gasteiger partial charge on any atom is 0.259 e. The summed E-state index contributed by atoms with van der Waals surface area (Å²) in [5.41, 5.74) is 6.55. The molecule has 0 aliphatic carbocycles. The molecule has 0 aliphatic rings. The van der Waals surface area contributed by atoms with Crippen molar-refractivity contribution in [3.63, 3.8) is 0 Å². The molecule has 0 radical (unpaired) electrons. The number of rotatable bonds is 4. The number of hydrogen-bond donors (Lipinski definition) is 2. The van der Waals surface area contributed by atoms with Gasteiger partial charge >= 0.3 is 0 Å². The number of aryl methyl sites for hydroxylation is 1. The monoisotopic (exact) mass is 430 g/mol. The molecule has 32 heavy (non-hydrogen) atoms. The Morgan fingerprint density at radius 1 is 0.969 bits per heavy atom. The Balaban J connectivity index is 1.86. The number of hydrogen-bond acceptors (Lipinski definition) is 4. The molecule has 0 aliphatic heterocycles. The second-order valence-corrected chi connectivity index (χ2v) is 7.40. The molecule has 0 unspecified atom stereocenters. The van der Waals surface area contributed by atoms with E-state index in [2.05, 4.69) is 5.32 Å². The van der Waals surface area contributed by atoms with Crippen molar-refractivity contribution in [1.82, 2.24) is 0 Å². The van der Waals surface area contributed by atoms with Crippen molar-refractivity contribution in [3.8, 4) is 11.3 Å². The lowest BCUT2D eigenvalue weighted by molar-refractivity contribution is 0.100. The number of carbonyl (C=O) groups is 2. The second-order valence-electron chi connectivity index (χ2n) is 7.40. The van der Waals surface area contributed by atoms with Crippen LogP contribution in [0.15, 0.2) is 69.9 Å². The van der Waals surface area contributed by atoms with Gasteiger partial charge in [0.25, 0.3) is 11.8 Å². The lowest BCUT2D eigenvalue weighted by atomic mass is 10.0. The summed E-state index contributed by atoms with van der Waals surface area (Å²) in [7, 11) is 0. The molecule has 1 heterocycles. The predicted octanol–water partition coefficient (Wildman–Crippen LogP) is 4.57. The number of benzene rings is 3. The van der Waals surface area contributed by atoms with E-state index >= 15 is 0 Å². The molecule has 0 spiro atoms. The van der Waals surface area contributed by atoms with Gasteiger partial charge < -0.3 is 15.5 Å². The third kappa shape index (κ3) is 3.65. The lowest BCUT2D eigenvalue weighted by Crippen LogP contribution is -2.19. The Morgan fingerprint density at radius 2 is 1.69 bits per heavy atom. The van der Waals surface area contributed by atoms with Crippen LogP contribution in [0.3, 0.4) is 0 Å². The van der Waals surface area contributed by atoms with E-state index in [0.29, 0.717) is 16.9 Å². The van der Waals surface area contributed by atoms with Gasteiger partial charge in [0.2, 0.25) is 0 Å². The van der Waals surface area contributed by atoms with Gasteiger partial charge in [0.15, 0.2) is 11.0 Å². The van der Waals surface area contributed by atoms with Crippen molar-refractivity contribution in [2.45, 2.75) is 13.8 Å². The molecule has 6 nitrogen and oxygen atoms in total. The molecule has 0 atom stereocenters. The van der Waals surface area contributed by atoms with Gasteiger partial charge in [-0.25, -0.2) is 4.39 Å². The smallest absolute Gasteiger partial charge is 0.259 e. The minimum absolute atomic E-state index is 0.0659. The van der Waals surface area contributed by atoms with Crippen LogP contribution in [-0.4, -0.2) is 11.8 Å². The van der Waals surface area contributed by atoms with Crippen LogP contribution in [0.25, 0.3) is 22.3 Å². The van der Waals surface area contributed by atoms with Gasteiger partial charge in [0.05, 0.1) is 22.2 Å². The summed E-state index contributed by atoms with van der Waals surface area (Å²) in [6, 6.07) is 16.1. The summed E-state index contributed by atoms with van der Waals surface area (Å²) >= 11 is 0. The van der Waals surface area contributed by atoms with Gasteiger partial charge in [-0.3, -0.25) is 14.4 Å². The quantitative estimate of drug-likeness (QED) is 0.495. The maximum absolute atomic E-state index is 13.9. The number of anilines is 1. The molecule has 0 fully saturated rings. The van der Waals surface area contributed by atoms with Gasteiger partial charge in [-0.05, 0) is 43.7 Å². The van der Waals surface area contributed by atoms with E-state index in [1.165, 1.54) is 19.1 Å². The summed E-state index contributed by atoms with van der Waals surface area (Å²) in [5.74, 6) is -1.77. The SMILES string of the molecule is Cc1cc(NC(=O)c2cccc3c(=O)c(C)c(-c4ccccc4)oc23)c(C(N)=O)cc1F. The van der Waals surface area contributed by atoms with Crippen molar-refractivity contribution in [3.05, 3.63) is 99.0 Å². The zero-order valence-electron chi connectivity index (χ0n) is 17.4. The van der Waals surface area contributed by atoms with Crippen LogP contribution in [0.4, 0.5) is 10.1 Å². The van der Waals surface area contributed by atoms with E-state index in [1.807, 2.05) is 18.2 Å². The number of nitrogens with two attached hydrogens (primary N) is 1. The number of halogens is 1. The van der Waals surface area contributed by atoms with Crippen molar-refractivity contribution >= 4 is 28.5 Å². The van der Waals surface area contributed by atoms with Crippen molar-refractivity contribution in [1.29, 1.82) is 0 Å². The van der Waals surface area contributed by atoms with Crippen LogP contribution in [-0.2, 0) is 0 Å². The fraction of sp³-hybridized carbons (Fsp3) is 0.0800. The maximum atomic E-state index is 13.9. The Bertz CT molecular complexity index is 1440. The summed E-state index contributed by atoms with van der Waals surface area (Å²) in [6.45, 7) is 3.17. The second kappa shape index (κ2) is 8.11. The van der Waals surface area contributed by atoms with E-state index in [4.69, 9.17) is 10.2 Å². The number of carbonyl (C=O) groups excluding carboxylic acids is 2. The molecule has 3 aromatic carbocycles. The van der Waals surface area contributed by atoms with Gasteiger partial charge in [0.1, 0.15) is 11.6 Å². The van der Waals surface area contributed by atoms with Crippen LogP contribution >= 0.6 is 0 Å². The first-order valence-corrected chi connectivity index (χ1v) is 9.81. The minimum Gasteiger partial charge on any atom is -0.455 e. The predicted molar refractivity (Wildman–Crippen MR) is 120 cm³/mol. The molecular formula is C25H19FN2O4. The Kier molecular flexibility index (Phi) is 5.32. The number of fused-ring (bicyclic) bond motifs is 1. The van der Waals surface area contributed by atoms with Crippen LogP contribution in [0.2, 0.25) is 0 Å². The van der Waals surface area contributed by atoms with Gasteiger partial charge in [0, 0.05) is 11.1 Å². The highest BCUT2D eigenvalue weighted by atomic mass is 19.1. The molecule has 160 valence electrons. The summed E-state index contributed by atoms with van der Waals surface area (Å²) in [5, 5.41) is 2.84. The molecule has 2 amide bonds. The molecular weight excluding hydrogens is 411 g/mol. The van der Waals surface area contributed by atoms with Gasteiger partial charge in [-0.2, -0.15) is 0 Å². The van der Waals surface area contributed by atoms with Crippen LogP contribution in [0.5, 0.6) is 0 Å². The fourth-order valence-electron chi connectivity index (χ4n) is 3.53. The largest absolute Gasteiger partial charge is 0.455 e. The summed E-state index contributed by atoms with van der Waals surface area (Å²) in [6.07, 6.45) is 0. The van der Waals surface area contributed by atoms with Gasteiger partial charge in [-0.1, -0.05) is 36.4 Å². The van der Waals surface area contributed by atoms with Crippen molar-refractivity contribution in [2.24, 2.45) is 5.73 Å². The van der Waals surface area contributed by atoms with E-state index < -0.39 is 17.6 Å². The molecule has 7 heteroatoms. The molecule has 0 saturated heterocycles. The molecule has 0 bridgehead atoms. The molecule has 0 saturated carbocycles. The molecule has 4 rings (SSSR count). The highest BCUT2D eigenvalue weighted by Crippen LogP contribution is 2.28. The zero-order valence-corrected chi connectivity index (χ0v) is 17.4. The molecule has 4 aromatic rings. The van der Waals surface area contributed by atoms with Crippen LogP contribution in [0, 0.1) is 19.7 Å². The van der Waals surface area contributed by atoms with E-state index in [0.717, 1.165) is 6.07 Å². The van der Waals surface area contributed by atoms with E-state index in [-0.39, 0.29) is 38.8 Å². The number of amides is 2. The van der Waals surface area contributed by atoms with Crippen molar-refractivity contribution < 1.29 is 18.4 Å². The summed E-state index contributed by atoms with van der Waals surface area (Å²) < 4.78 is 20.0. The summed E-state index contributed by atoms with van der Waals surface area (Å²) in [4.78, 5) is 37.9. The Labute approximate surface area is 182 Å². The first-order valence-electron chi connectivity index (χ1n) is 9.81. The third-order valence-corrected chi connectivity index (χ3v) is 5.24. The number of nitrogens with one attached hydrogen (secondary N) is 1. The topological polar surface area (TPSA) is 102 Å². The molecule has 1 aromatic heterocycles. The van der Waals surface area contributed by atoms with Crippen molar-refractivity contribution in [2.75, 3.05) is 5.32 Å². The highest BCUT2D eigenvalue weighted by molar-refractivity contribution is 6.13. The first kappa shape index (κ1) is 21.0. The standard InChI is InChI=1S/C25H19FN2O4/c1-13-11-20(18(24(27)30)12-19(13)26)28-25(31)17-10-6-9-16-21(29)14(2)22(32-23(16)17)15-7-4-3-5-8-15/h3-12H,1-2H3,(H2,27,30)(H,28,31). The van der Waals surface area contributed by atoms with Gasteiger partial charge in [-0.15, -0.1) is 0 Å². The minimum atomic E-state index is -0.884. The van der Waals surface area contributed by atoms with E-state index in [9.17, 15) is 18.8 Å². The number of primary amides is 1. The third-order valence-electron chi connectivity index (χ3n) is 5.24.